The highest BCUT2D eigenvalue weighted by Gasteiger charge is 2.63. The number of allylic oxidation sites excluding steroid dienone is 10. The van der Waals surface area contributed by atoms with E-state index in [9.17, 15) is 24.3 Å². The van der Waals surface area contributed by atoms with Gasteiger partial charge in [0.15, 0.2) is 5.78 Å². The fraction of sp³-hybridized carbons (Fsp3) is 0.545. The van der Waals surface area contributed by atoms with Gasteiger partial charge in [0.05, 0.1) is 11.3 Å². The summed E-state index contributed by atoms with van der Waals surface area (Å²) in [4.78, 5) is 53.1. The van der Waals surface area contributed by atoms with E-state index in [0.29, 0.717) is 12.0 Å². The zero-order valence-corrected chi connectivity index (χ0v) is 33.6. The second-order valence-corrected chi connectivity index (χ2v) is 17.2. The summed E-state index contributed by atoms with van der Waals surface area (Å²) < 4.78 is -0.656. The van der Waals surface area contributed by atoms with Gasteiger partial charge in [-0.25, -0.2) is 4.79 Å². The number of amides is 2. The van der Waals surface area contributed by atoms with Crippen molar-refractivity contribution < 1.29 is 24.3 Å². The van der Waals surface area contributed by atoms with Gasteiger partial charge < -0.3 is 15.3 Å². The zero-order chi connectivity index (χ0) is 38.4. The minimum Gasteiger partial charge on any atom is -0.480 e. The molecule has 2 fully saturated rings. The van der Waals surface area contributed by atoms with E-state index in [4.69, 9.17) is 0 Å². The molecule has 1 aromatic rings. The van der Waals surface area contributed by atoms with E-state index in [1.54, 1.807) is 12.1 Å². The monoisotopic (exact) mass is 730 g/mol. The number of carboxylic acids is 1. The van der Waals surface area contributed by atoms with Crippen LogP contribution >= 0.6 is 11.8 Å². The number of thioether (sulfide) groups is 1. The molecule has 0 aromatic heterocycles. The first-order chi connectivity index (χ1) is 24.6. The molecule has 0 spiro atoms. The van der Waals surface area contributed by atoms with E-state index in [1.165, 1.54) is 39.0 Å². The maximum Gasteiger partial charge on any atom is 0.327 e. The van der Waals surface area contributed by atoms with E-state index < -0.39 is 28.7 Å². The molecule has 0 unspecified atom stereocenters. The van der Waals surface area contributed by atoms with Gasteiger partial charge in [-0.05, 0) is 119 Å². The van der Waals surface area contributed by atoms with Crippen molar-refractivity contribution in [3.63, 3.8) is 0 Å². The highest BCUT2D eigenvalue weighted by Crippen LogP contribution is 2.54. The molecule has 0 radical (unpaired) electrons. The number of unbranched alkanes of at least 4 members (excludes halogenated alkanes) is 1. The highest BCUT2D eigenvalue weighted by molar-refractivity contribution is 8.01. The third kappa shape index (κ3) is 13.1. The normalized spacial score (nSPS) is 21.0. The molecule has 1 aromatic carbocycles. The molecule has 2 N–H and O–H groups in total. The summed E-state index contributed by atoms with van der Waals surface area (Å²) >= 11 is 1.43. The lowest BCUT2D eigenvalue weighted by atomic mass is 9.86. The van der Waals surface area contributed by atoms with Crippen LogP contribution in [0.5, 0.6) is 0 Å². The van der Waals surface area contributed by atoms with Gasteiger partial charge in [0, 0.05) is 17.6 Å². The Morgan fingerprint density at radius 3 is 1.79 bits per heavy atom. The second kappa shape index (κ2) is 20.6. The van der Waals surface area contributed by atoms with Gasteiger partial charge in [0.2, 0.25) is 11.8 Å². The van der Waals surface area contributed by atoms with Crippen LogP contribution < -0.4 is 5.32 Å². The lowest BCUT2D eigenvalue weighted by Gasteiger charge is -2.43. The molecular weight excluding hydrogens is 669 g/mol. The van der Waals surface area contributed by atoms with Crippen LogP contribution in [-0.4, -0.2) is 49.7 Å². The molecule has 8 heteroatoms. The number of hydrogen-bond donors (Lipinski definition) is 2. The summed E-state index contributed by atoms with van der Waals surface area (Å²) in [6.07, 6.45) is 20.9. The van der Waals surface area contributed by atoms with Gasteiger partial charge in [-0.1, -0.05) is 88.6 Å². The predicted octanol–water partition coefficient (Wildman–Crippen LogP) is 10.2. The van der Waals surface area contributed by atoms with Crippen LogP contribution in [0.4, 0.5) is 0 Å². The van der Waals surface area contributed by atoms with E-state index in [-0.39, 0.29) is 35.8 Å². The standard InChI is InChI=1S/C44H62N2O5S/c1-30(2)17-14-20-33(5)23-15-21-31(3)18-12-13-19-32(4)22-16-24-34(6)27-28-38(48)45-39(35-25-10-9-11-26-35)37(47)29-36-41(49)46-40(43(50)51)44(7,8)52-42(36)46/h9-11,17-19,23-26,36,39-40,42H,12-16,20-22,27-29H2,1-8H3,(H,45,48)(H,50,51)/b31-18+,32-19+,33-23+,34-24+/t36-,39+,40+,42-/m1/s1. The maximum absolute atomic E-state index is 13.6. The van der Waals surface area contributed by atoms with Crippen LogP contribution in [0, 0.1) is 5.92 Å². The number of Topliss-reactive ketones (excluding diaryl/α,β-unsaturated/α-hetero) is 1. The summed E-state index contributed by atoms with van der Waals surface area (Å²) in [5, 5.41) is 12.3. The highest BCUT2D eigenvalue weighted by atomic mass is 32.2. The number of β-lactam (4-membered cyclic amide) rings is 1. The third-order valence-corrected chi connectivity index (χ3v) is 11.6. The first-order valence-corrected chi connectivity index (χ1v) is 19.8. The lowest BCUT2D eigenvalue weighted by molar-refractivity contribution is -0.164. The molecule has 52 heavy (non-hydrogen) atoms. The summed E-state index contributed by atoms with van der Waals surface area (Å²) in [6, 6.07) is 7.31. The molecule has 4 atom stereocenters. The Labute approximate surface area is 317 Å². The molecule has 2 amide bonds. The van der Waals surface area contributed by atoms with Crippen molar-refractivity contribution in [3.8, 4) is 0 Å². The molecule has 2 aliphatic rings. The van der Waals surface area contributed by atoms with Crippen LogP contribution in [0.2, 0.25) is 0 Å². The molecule has 3 rings (SSSR count). The Morgan fingerprint density at radius 2 is 1.27 bits per heavy atom. The van der Waals surface area contributed by atoms with Crippen molar-refractivity contribution >= 4 is 35.3 Å². The first kappa shape index (κ1) is 42.8. The number of nitrogens with one attached hydrogen (secondary N) is 1. The van der Waals surface area contributed by atoms with Crippen LogP contribution in [0.25, 0.3) is 0 Å². The average Bonchev–Trinajstić information content (AvgIpc) is 3.34. The van der Waals surface area contributed by atoms with E-state index >= 15 is 0 Å². The number of carbonyl (C=O) groups is 4. The van der Waals surface area contributed by atoms with Crippen molar-refractivity contribution in [1.82, 2.24) is 10.2 Å². The van der Waals surface area contributed by atoms with Crippen molar-refractivity contribution in [3.05, 3.63) is 94.1 Å². The van der Waals surface area contributed by atoms with Gasteiger partial charge >= 0.3 is 5.97 Å². The van der Waals surface area contributed by atoms with Crippen LogP contribution in [0.3, 0.4) is 0 Å². The summed E-state index contributed by atoms with van der Waals surface area (Å²) in [7, 11) is 0. The van der Waals surface area contributed by atoms with Gasteiger partial charge in [0.25, 0.3) is 0 Å². The van der Waals surface area contributed by atoms with E-state index in [0.717, 1.165) is 56.9 Å². The molecule has 284 valence electrons. The van der Waals surface area contributed by atoms with Gasteiger partial charge in [-0.2, -0.15) is 0 Å². The van der Waals surface area contributed by atoms with Crippen molar-refractivity contribution in [2.24, 2.45) is 5.92 Å². The fourth-order valence-electron chi connectivity index (χ4n) is 6.90. The Balaban J connectivity index is 1.42. The number of fused-ring (bicyclic) bond motifs is 1. The number of aliphatic carboxylic acids is 1. The molecule has 7 nitrogen and oxygen atoms in total. The van der Waals surface area contributed by atoms with Crippen molar-refractivity contribution in [2.75, 3.05) is 0 Å². The second-order valence-electron chi connectivity index (χ2n) is 15.5. The molecule has 2 heterocycles. The minimum absolute atomic E-state index is 0.0500. The third-order valence-electron chi connectivity index (χ3n) is 10.0. The Kier molecular flexibility index (Phi) is 16.9. The van der Waals surface area contributed by atoms with Crippen LogP contribution in [-0.2, 0) is 19.2 Å². The zero-order valence-electron chi connectivity index (χ0n) is 32.8. The lowest BCUT2D eigenvalue weighted by Crippen LogP contribution is -2.63. The number of rotatable bonds is 21. The number of carbonyl (C=O) groups excluding carboxylic acids is 3. The number of benzene rings is 1. The first-order valence-electron chi connectivity index (χ1n) is 19.0. The fourth-order valence-corrected chi connectivity index (χ4v) is 8.58. The average molecular weight is 731 g/mol. The van der Waals surface area contributed by atoms with Gasteiger partial charge in [0.1, 0.15) is 12.1 Å². The number of carboxylic acid groups (broad SMARTS) is 1. The Morgan fingerprint density at radius 1 is 0.769 bits per heavy atom. The number of hydrogen-bond acceptors (Lipinski definition) is 5. The van der Waals surface area contributed by atoms with E-state index in [2.05, 4.69) is 70.3 Å². The van der Waals surface area contributed by atoms with Gasteiger partial charge in [-0.15, -0.1) is 11.8 Å². The SMILES string of the molecule is CC(C)=CCC/C(C)=C/CC/C(C)=C/CC/C=C(\C)CC/C=C(\C)CCC(=O)N[C@H](C(=O)C[C@@H]1C(=O)N2[C@@H]1SC(C)(C)[C@@H]2C(=O)O)c1ccccc1. The maximum atomic E-state index is 13.6. The predicted molar refractivity (Wildman–Crippen MR) is 215 cm³/mol. The van der Waals surface area contributed by atoms with E-state index in [1.807, 2.05) is 39.0 Å². The summed E-state index contributed by atoms with van der Waals surface area (Å²) in [5.41, 5.74) is 7.49. The summed E-state index contributed by atoms with van der Waals surface area (Å²) in [5.74, 6) is -2.41. The molecule has 0 saturated carbocycles. The quantitative estimate of drug-likeness (QED) is 0.0742. The van der Waals surface area contributed by atoms with Crippen molar-refractivity contribution in [1.29, 1.82) is 0 Å². The largest absolute Gasteiger partial charge is 0.480 e. The molecule has 2 aliphatic heterocycles. The van der Waals surface area contributed by atoms with Crippen LogP contribution in [0.15, 0.2) is 88.6 Å². The smallest absolute Gasteiger partial charge is 0.327 e. The van der Waals surface area contributed by atoms with Crippen LogP contribution in [0.1, 0.15) is 138 Å². The Hall–Kier alpha value is -3.65. The minimum atomic E-state index is -1.03. The topological polar surface area (TPSA) is 104 Å². The molecule has 0 aliphatic carbocycles. The number of ketones is 1. The molecule has 0 bridgehead atoms. The molecule has 2 saturated heterocycles. The van der Waals surface area contributed by atoms with Gasteiger partial charge in [-0.3, -0.25) is 14.4 Å². The van der Waals surface area contributed by atoms with Crippen molar-refractivity contribution in [2.45, 2.75) is 148 Å². The molecular formula is C44H62N2O5S. The summed E-state index contributed by atoms with van der Waals surface area (Å²) in [6.45, 7) is 16.6. The number of nitrogens with zero attached hydrogens (tertiary/aromatic N) is 1. The Bertz CT molecular complexity index is 1560.